The summed E-state index contributed by atoms with van der Waals surface area (Å²) >= 11 is 0. The van der Waals surface area contributed by atoms with Gasteiger partial charge in [0.15, 0.2) is 0 Å². The van der Waals surface area contributed by atoms with Crippen LogP contribution in [0.5, 0.6) is 5.75 Å². The highest BCUT2D eigenvalue weighted by molar-refractivity contribution is 5.79. The number of benzene rings is 3. The fraction of sp³-hybridized carbons (Fsp3) is 0.0952. The zero-order chi connectivity index (χ0) is 18.8. The average Bonchev–Trinajstić information content (AvgIpc) is 3.01. The normalized spacial score (nSPS) is 12.1. The molecule has 0 unspecified atom stereocenters. The standard InChI is InChI=1S/C21H15NO5/c23-21(27-15-11-9-14(10-12-15)22(24)25)26-13-20-18-7-3-1-5-16(18)17-6-2-4-8-19(17)20/h1-12,20H,13H2. The zero-order valence-electron chi connectivity index (χ0n) is 14.2. The quantitative estimate of drug-likeness (QED) is 0.285. The van der Waals surface area contributed by atoms with Gasteiger partial charge >= 0.3 is 6.16 Å². The molecular formula is C21H15NO5. The third-order valence-electron chi connectivity index (χ3n) is 4.58. The topological polar surface area (TPSA) is 78.7 Å². The summed E-state index contributed by atoms with van der Waals surface area (Å²) in [7, 11) is 0. The van der Waals surface area contributed by atoms with E-state index in [0.29, 0.717) is 0 Å². The number of hydrogen-bond acceptors (Lipinski definition) is 5. The Morgan fingerprint density at radius 1 is 0.889 bits per heavy atom. The number of rotatable bonds is 4. The summed E-state index contributed by atoms with van der Waals surface area (Å²) in [4.78, 5) is 22.2. The van der Waals surface area contributed by atoms with Crippen LogP contribution in [-0.4, -0.2) is 17.7 Å². The maximum Gasteiger partial charge on any atom is 0.513 e. The van der Waals surface area contributed by atoms with Crippen molar-refractivity contribution in [1.29, 1.82) is 0 Å². The summed E-state index contributed by atoms with van der Waals surface area (Å²) in [6.07, 6.45) is -0.842. The van der Waals surface area contributed by atoms with Gasteiger partial charge in [0.25, 0.3) is 5.69 Å². The average molecular weight is 361 g/mol. The van der Waals surface area contributed by atoms with Crippen LogP contribution in [0.3, 0.4) is 0 Å². The van der Waals surface area contributed by atoms with E-state index in [-0.39, 0.29) is 24.0 Å². The van der Waals surface area contributed by atoms with Gasteiger partial charge in [0, 0.05) is 18.1 Å². The van der Waals surface area contributed by atoms with Crippen molar-refractivity contribution in [2.24, 2.45) is 0 Å². The largest absolute Gasteiger partial charge is 0.513 e. The number of carbonyl (C=O) groups is 1. The summed E-state index contributed by atoms with van der Waals surface area (Å²) in [6.45, 7) is 0.153. The molecule has 0 atom stereocenters. The van der Waals surface area contributed by atoms with Gasteiger partial charge in [-0.1, -0.05) is 48.5 Å². The van der Waals surface area contributed by atoms with Gasteiger partial charge in [0.05, 0.1) is 4.92 Å². The Morgan fingerprint density at radius 2 is 1.44 bits per heavy atom. The second-order valence-corrected chi connectivity index (χ2v) is 6.14. The van der Waals surface area contributed by atoms with Crippen LogP contribution in [0.4, 0.5) is 10.5 Å². The van der Waals surface area contributed by atoms with Gasteiger partial charge in [0.1, 0.15) is 12.4 Å². The highest BCUT2D eigenvalue weighted by Gasteiger charge is 2.29. The molecule has 134 valence electrons. The Bertz CT molecular complexity index is 968. The Labute approximate surface area is 155 Å². The molecule has 0 N–H and O–H groups in total. The van der Waals surface area contributed by atoms with Crippen molar-refractivity contribution in [2.45, 2.75) is 5.92 Å². The molecule has 3 aromatic carbocycles. The number of nitrogens with zero attached hydrogens (tertiary/aromatic N) is 1. The van der Waals surface area contributed by atoms with Crippen LogP contribution in [0.2, 0.25) is 0 Å². The van der Waals surface area contributed by atoms with E-state index in [4.69, 9.17) is 9.47 Å². The molecule has 0 amide bonds. The Morgan fingerprint density at radius 3 is 2.00 bits per heavy atom. The first-order valence-electron chi connectivity index (χ1n) is 8.41. The minimum atomic E-state index is -0.842. The van der Waals surface area contributed by atoms with Crippen LogP contribution >= 0.6 is 0 Å². The van der Waals surface area contributed by atoms with Crippen molar-refractivity contribution in [2.75, 3.05) is 6.61 Å². The smallest absolute Gasteiger partial charge is 0.433 e. The fourth-order valence-corrected chi connectivity index (χ4v) is 3.35. The molecular weight excluding hydrogens is 346 g/mol. The fourth-order valence-electron chi connectivity index (χ4n) is 3.35. The van der Waals surface area contributed by atoms with Crippen molar-refractivity contribution < 1.29 is 19.2 Å². The van der Waals surface area contributed by atoms with E-state index < -0.39 is 11.1 Å². The van der Waals surface area contributed by atoms with E-state index in [2.05, 4.69) is 12.1 Å². The molecule has 1 aliphatic rings. The molecule has 0 aromatic heterocycles. The van der Waals surface area contributed by atoms with Gasteiger partial charge in [-0.05, 0) is 34.4 Å². The van der Waals surface area contributed by atoms with Gasteiger partial charge in [-0.3, -0.25) is 10.1 Å². The number of hydrogen-bond donors (Lipinski definition) is 0. The Kier molecular flexibility index (Phi) is 4.30. The molecule has 0 saturated carbocycles. The second kappa shape index (κ2) is 6.92. The van der Waals surface area contributed by atoms with Gasteiger partial charge in [-0.25, -0.2) is 4.79 Å². The van der Waals surface area contributed by atoms with E-state index >= 15 is 0 Å². The van der Waals surface area contributed by atoms with Gasteiger partial charge in [0.2, 0.25) is 0 Å². The Hall–Kier alpha value is -3.67. The highest BCUT2D eigenvalue weighted by Crippen LogP contribution is 2.44. The van der Waals surface area contributed by atoms with E-state index in [0.717, 1.165) is 22.3 Å². The maximum atomic E-state index is 12.0. The Balaban J connectivity index is 1.45. The minimum Gasteiger partial charge on any atom is -0.433 e. The predicted molar refractivity (Wildman–Crippen MR) is 98.8 cm³/mol. The third kappa shape index (κ3) is 3.25. The molecule has 0 fully saturated rings. The van der Waals surface area contributed by atoms with Gasteiger partial charge in [-0.15, -0.1) is 0 Å². The predicted octanol–water partition coefficient (Wildman–Crippen LogP) is 4.92. The minimum absolute atomic E-state index is 0.0539. The summed E-state index contributed by atoms with van der Waals surface area (Å²) in [5, 5.41) is 10.7. The monoisotopic (exact) mass is 361 g/mol. The van der Waals surface area contributed by atoms with Crippen LogP contribution in [0.1, 0.15) is 17.0 Å². The van der Waals surface area contributed by atoms with Crippen LogP contribution in [0.15, 0.2) is 72.8 Å². The third-order valence-corrected chi connectivity index (χ3v) is 4.58. The van der Waals surface area contributed by atoms with Crippen LogP contribution in [0, 0.1) is 10.1 Å². The number of carbonyl (C=O) groups excluding carboxylic acids is 1. The van der Waals surface area contributed by atoms with Crippen molar-refractivity contribution in [3.8, 4) is 16.9 Å². The second-order valence-electron chi connectivity index (χ2n) is 6.14. The summed E-state index contributed by atoms with van der Waals surface area (Å²) < 4.78 is 10.4. The molecule has 0 aliphatic heterocycles. The molecule has 27 heavy (non-hydrogen) atoms. The van der Waals surface area contributed by atoms with Gasteiger partial charge < -0.3 is 9.47 Å². The molecule has 6 heteroatoms. The molecule has 0 spiro atoms. The van der Waals surface area contributed by atoms with E-state index in [1.807, 2.05) is 36.4 Å². The molecule has 1 aliphatic carbocycles. The molecule has 3 aromatic rings. The summed E-state index contributed by atoms with van der Waals surface area (Å²) in [6, 6.07) is 21.4. The van der Waals surface area contributed by atoms with Crippen LogP contribution in [-0.2, 0) is 4.74 Å². The highest BCUT2D eigenvalue weighted by atomic mass is 16.7. The molecule has 0 bridgehead atoms. The van der Waals surface area contributed by atoms with Crippen molar-refractivity contribution in [1.82, 2.24) is 0 Å². The van der Waals surface area contributed by atoms with Crippen molar-refractivity contribution in [3.05, 3.63) is 94.0 Å². The van der Waals surface area contributed by atoms with Crippen LogP contribution in [0.25, 0.3) is 11.1 Å². The summed E-state index contributed by atoms with van der Waals surface area (Å²) in [5.74, 6) is 0.139. The number of ether oxygens (including phenoxy) is 2. The first-order valence-corrected chi connectivity index (χ1v) is 8.41. The lowest BCUT2D eigenvalue weighted by Gasteiger charge is -2.14. The number of fused-ring (bicyclic) bond motifs is 3. The molecule has 0 radical (unpaired) electrons. The van der Waals surface area contributed by atoms with E-state index in [1.165, 1.54) is 24.3 Å². The lowest BCUT2D eigenvalue weighted by molar-refractivity contribution is -0.384. The lowest BCUT2D eigenvalue weighted by atomic mass is 9.98. The first kappa shape index (κ1) is 16.8. The zero-order valence-corrected chi connectivity index (χ0v) is 14.2. The van der Waals surface area contributed by atoms with Crippen LogP contribution < -0.4 is 4.74 Å². The molecule has 0 heterocycles. The molecule has 4 rings (SSSR count). The number of nitro groups is 1. The summed E-state index contributed by atoms with van der Waals surface area (Å²) in [5.41, 5.74) is 4.44. The number of non-ortho nitro benzene ring substituents is 1. The van der Waals surface area contributed by atoms with E-state index in [1.54, 1.807) is 0 Å². The maximum absolute atomic E-state index is 12.0. The van der Waals surface area contributed by atoms with Gasteiger partial charge in [-0.2, -0.15) is 0 Å². The van der Waals surface area contributed by atoms with Crippen molar-refractivity contribution >= 4 is 11.8 Å². The molecule has 6 nitrogen and oxygen atoms in total. The van der Waals surface area contributed by atoms with Crippen molar-refractivity contribution in [3.63, 3.8) is 0 Å². The first-order chi connectivity index (χ1) is 13.1. The van der Waals surface area contributed by atoms with E-state index in [9.17, 15) is 14.9 Å². The number of nitro benzene ring substituents is 1. The SMILES string of the molecule is O=C(OCC1c2ccccc2-c2ccccc21)Oc1ccc([N+](=O)[O-])cc1. The molecule has 0 saturated heterocycles. The lowest BCUT2D eigenvalue weighted by Crippen LogP contribution is -2.15.